The molecule has 2 amide bonds. The van der Waals surface area contributed by atoms with Crippen LogP contribution in [0.2, 0.25) is 5.02 Å². The minimum atomic E-state index is -0.114. The van der Waals surface area contributed by atoms with Gasteiger partial charge in [0.15, 0.2) is 5.75 Å². The molecule has 0 saturated carbocycles. The van der Waals surface area contributed by atoms with Gasteiger partial charge in [0.2, 0.25) is 0 Å². The third-order valence-electron chi connectivity index (χ3n) is 3.19. The second-order valence-corrected chi connectivity index (χ2v) is 6.32. The summed E-state index contributed by atoms with van der Waals surface area (Å²) < 4.78 is 10.9. The molecule has 0 aliphatic carbocycles. The van der Waals surface area contributed by atoms with Gasteiger partial charge in [-0.3, -0.25) is 0 Å². The Bertz CT molecular complexity index is 496. The number of hydrogen-bond acceptors (Lipinski definition) is 4. The molecule has 7 heteroatoms. The molecule has 1 fully saturated rings. The van der Waals surface area contributed by atoms with Crippen molar-refractivity contribution in [2.24, 2.45) is 0 Å². The van der Waals surface area contributed by atoms with Crippen molar-refractivity contribution >= 4 is 35.1 Å². The number of halogens is 1. The number of urea groups is 1. The van der Waals surface area contributed by atoms with Crippen LogP contribution in [0.4, 0.5) is 10.5 Å². The average molecular weight is 345 g/mol. The predicted molar refractivity (Wildman–Crippen MR) is 91.4 cm³/mol. The molecule has 0 spiro atoms. The summed E-state index contributed by atoms with van der Waals surface area (Å²) in [5.41, 5.74) is 0.590. The number of ether oxygens (including phenoxy) is 2. The molecule has 1 aromatic carbocycles. The van der Waals surface area contributed by atoms with Crippen molar-refractivity contribution in [3.05, 3.63) is 23.2 Å². The van der Waals surface area contributed by atoms with Gasteiger partial charge in [-0.1, -0.05) is 17.7 Å². The number of para-hydroxylation sites is 1. The van der Waals surface area contributed by atoms with Gasteiger partial charge in [0.1, 0.15) is 6.61 Å². The number of anilines is 1. The Balaban J connectivity index is 1.99. The number of amides is 2. The van der Waals surface area contributed by atoms with Crippen LogP contribution in [-0.2, 0) is 4.74 Å². The van der Waals surface area contributed by atoms with E-state index in [-0.39, 0.29) is 6.03 Å². The minimum Gasteiger partial charge on any atom is -0.487 e. The lowest BCUT2D eigenvalue weighted by atomic mass is 10.3. The van der Waals surface area contributed by atoms with E-state index in [1.807, 2.05) is 18.7 Å². The first-order chi connectivity index (χ1) is 10.7. The largest absolute Gasteiger partial charge is 0.487 e. The quantitative estimate of drug-likeness (QED) is 0.804. The van der Waals surface area contributed by atoms with E-state index in [4.69, 9.17) is 21.1 Å². The molecular weight excluding hydrogens is 324 g/mol. The molecule has 1 heterocycles. The maximum atomic E-state index is 12.3. The Hall–Kier alpha value is -1.11. The highest BCUT2D eigenvalue weighted by Gasteiger charge is 2.18. The summed E-state index contributed by atoms with van der Waals surface area (Å²) >= 11 is 8.04. The molecule has 122 valence electrons. The molecule has 5 nitrogen and oxygen atoms in total. The van der Waals surface area contributed by atoms with Crippen molar-refractivity contribution in [3.63, 3.8) is 0 Å². The number of nitrogens with zero attached hydrogens (tertiary/aromatic N) is 1. The molecule has 1 aromatic rings. The molecule has 22 heavy (non-hydrogen) atoms. The molecule has 1 aliphatic heterocycles. The second kappa shape index (κ2) is 9.12. The van der Waals surface area contributed by atoms with Crippen LogP contribution in [0, 0.1) is 0 Å². The van der Waals surface area contributed by atoms with Crippen LogP contribution in [-0.4, -0.2) is 55.3 Å². The van der Waals surface area contributed by atoms with Gasteiger partial charge in [0.25, 0.3) is 0 Å². The van der Waals surface area contributed by atoms with E-state index in [9.17, 15) is 4.79 Å². The predicted octanol–water partition coefficient (Wildman–Crippen LogP) is 3.34. The van der Waals surface area contributed by atoms with Crippen LogP contribution in [0.15, 0.2) is 18.2 Å². The van der Waals surface area contributed by atoms with E-state index in [0.29, 0.717) is 36.3 Å². The topological polar surface area (TPSA) is 50.8 Å². The number of carbonyl (C=O) groups is 1. The Labute approximate surface area is 140 Å². The van der Waals surface area contributed by atoms with Gasteiger partial charge >= 0.3 is 6.03 Å². The number of carbonyl (C=O) groups excluding carboxylic acids is 1. The van der Waals surface area contributed by atoms with Gasteiger partial charge in [-0.05, 0) is 19.1 Å². The van der Waals surface area contributed by atoms with Crippen LogP contribution in [0.3, 0.4) is 0 Å². The van der Waals surface area contributed by atoms with Crippen molar-refractivity contribution < 1.29 is 14.3 Å². The zero-order valence-electron chi connectivity index (χ0n) is 12.6. The number of rotatable bonds is 6. The number of thioether (sulfide) groups is 1. The average Bonchev–Trinajstić information content (AvgIpc) is 2.54. The number of benzene rings is 1. The maximum absolute atomic E-state index is 12.3. The van der Waals surface area contributed by atoms with Crippen LogP contribution >= 0.6 is 23.4 Å². The van der Waals surface area contributed by atoms with Crippen molar-refractivity contribution in [2.75, 3.05) is 49.7 Å². The fourth-order valence-corrected chi connectivity index (χ4v) is 3.19. The fraction of sp³-hybridized carbons (Fsp3) is 0.533. The molecule has 1 N–H and O–H groups in total. The molecule has 1 saturated heterocycles. The zero-order valence-corrected chi connectivity index (χ0v) is 14.2. The summed E-state index contributed by atoms with van der Waals surface area (Å²) in [6.07, 6.45) is 0. The summed E-state index contributed by atoms with van der Waals surface area (Å²) in [5.74, 6) is 2.44. The number of hydrogen-bond donors (Lipinski definition) is 1. The van der Waals surface area contributed by atoms with Crippen molar-refractivity contribution in [2.45, 2.75) is 6.92 Å². The molecule has 0 bridgehead atoms. The lowest BCUT2D eigenvalue weighted by Gasteiger charge is -2.27. The Morgan fingerprint density at radius 1 is 1.36 bits per heavy atom. The van der Waals surface area contributed by atoms with Crippen LogP contribution in [0.25, 0.3) is 0 Å². The molecule has 0 aromatic heterocycles. The third kappa shape index (κ3) is 4.97. The molecule has 2 rings (SSSR count). The summed E-state index contributed by atoms with van der Waals surface area (Å²) in [7, 11) is 0. The van der Waals surface area contributed by atoms with E-state index in [2.05, 4.69) is 5.32 Å². The van der Waals surface area contributed by atoms with Crippen molar-refractivity contribution in [1.82, 2.24) is 4.90 Å². The highest BCUT2D eigenvalue weighted by Crippen LogP contribution is 2.33. The minimum absolute atomic E-state index is 0.114. The van der Waals surface area contributed by atoms with Gasteiger partial charge in [-0.15, -0.1) is 0 Å². The van der Waals surface area contributed by atoms with Gasteiger partial charge in [-0.25, -0.2) is 4.79 Å². The van der Waals surface area contributed by atoms with E-state index >= 15 is 0 Å². The van der Waals surface area contributed by atoms with E-state index in [1.165, 1.54) is 0 Å². The van der Waals surface area contributed by atoms with E-state index in [0.717, 1.165) is 24.6 Å². The maximum Gasteiger partial charge on any atom is 0.322 e. The molecular formula is C15H21ClN2O3S. The smallest absolute Gasteiger partial charge is 0.322 e. The normalized spacial score (nSPS) is 14.7. The van der Waals surface area contributed by atoms with Crippen LogP contribution in [0.1, 0.15) is 6.92 Å². The highest BCUT2D eigenvalue weighted by molar-refractivity contribution is 7.99. The summed E-state index contributed by atoms with van der Waals surface area (Å²) in [5, 5.41) is 3.36. The molecule has 0 atom stereocenters. The first-order valence-corrected chi connectivity index (χ1v) is 8.88. The summed E-state index contributed by atoms with van der Waals surface area (Å²) in [6, 6.07) is 5.21. The zero-order chi connectivity index (χ0) is 15.8. The molecule has 0 unspecified atom stereocenters. The van der Waals surface area contributed by atoms with Crippen LogP contribution < -0.4 is 10.1 Å². The van der Waals surface area contributed by atoms with E-state index < -0.39 is 0 Å². The lowest BCUT2D eigenvalue weighted by molar-refractivity contribution is 0.110. The monoisotopic (exact) mass is 344 g/mol. The molecule has 1 aliphatic rings. The highest BCUT2D eigenvalue weighted by atomic mass is 35.5. The summed E-state index contributed by atoms with van der Waals surface area (Å²) in [4.78, 5) is 14.1. The molecule has 0 radical (unpaired) electrons. The SMILES string of the molecule is CCOCCOc1c(Cl)cccc1NC(=O)N1CCSCC1. The fourth-order valence-electron chi connectivity index (χ4n) is 2.06. The Morgan fingerprint density at radius 2 is 2.14 bits per heavy atom. The van der Waals surface area contributed by atoms with Gasteiger partial charge in [-0.2, -0.15) is 11.8 Å². The third-order valence-corrected chi connectivity index (χ3v) is 4.43. The number of nitrogens with one attached hydrogen (secondary N) is 1. The van der Waals surface area contributed by atoms with Gasteiger partial charge < -0.3 is 19.7 Å². The standard InChI is InChI=1S/C15H21ClN2O3S/c1-2-20-8-9-21-14-12(16)4-3-5-13(14)17-15(19)18-6-10-22-11-7-18/h3-5H,2,6-11H2,1H3,(H,17,19). The second-order valence-electron chi connectivity index (χ2n) is 4.69. The van der Waals surface area contributed by atoms with Crippen LogP contribution in [0.5, 0.6) is 5.75 Å². The van der Waals surface area contributed by atoms with Gasteiger partial charge in [0.05, 0.1) is 17.3 Å². The van der Waals surface area contributed by atoms with Gasteiger partial charge in [0, 0.05) is 31.2 Å². The first kappa shape index (κ1) is 17.2. The lowest BCUT2D eigenvalue weighted by Crippen LogP contribution is -2.40. The first-order valence-electron chi connectivity index (χ1n) is 7.35. The Morgan fingerprint density at radius 3 is 2.86 bits per heavy atom. The van der Waals surface area contributed by atoms with E-state index in [1.54, 1.807) is 23.1 Å². The van der Waals surface area contributed by atoms with Crippen molar-refractivity contribution in [1.29, 1.82) is 0 Å². The Kier molecular flexibility index (Phi) is 7.15. The summed E-state index contributed by atoms with van der Waals surface area (Å²) in [6.45, 7) is 4.97. The van der Waals surface area contributed by atoms with Crippen molar-refractivity contribution in [3.8, 4) is 5.75 Å².